The summed E-state index contributed by atoms with van der Waals surface area (Å²) in [7, 11) is 0. The Hall–Kier alpha value is -1.65. The second-order valence-electron chi connectivity index (χ2n) is 8.56. The molecule has 1 unspecified atom stereocenters. The van der Waals surface area contributed by atoms with Gasteiger partial charge in [0.2, 0.25) is 0 Å². The summed E-state index contributed by atoms with van der Waals surface area (Å²) < 4.78 is 5.36. The van der Waals surface area contributed by atoms with E-state index in [9.17, 15) is 0 Å². The minimum Gasteiger partial charge on any atom is -0.361 e. The number of aromatic nitrogens is 1. The van der Waals surface area contributed by atoms with Crippen LogP contribution in [-0.2, 0) is 13.1 Å². The van der Waals surface area contributed by atoms with Crippen molar-refractivity contribution < 1.29 is 4.52 Å². The SMILES string of the molecule is Cc1ccc(CN2CCC3(CCCN(Cc4c(C)noc4C)C3)C2)cc1. The van der Waals surface area contributed by atoms with Crippen LogP contribution in [0.1, 0.15) is 47.4 Å². The second-order valence-corrected chi connectivity index (χ2v) is 8.56. The van der Waals surface area contributed by atoms with Crippen molar-refractivity contribution in [2.24, 2.45) is 5.41 Å². The van der Waals surface area contributed by atoms with Crippen LogP contribution in [0.2, 0.25) is 0 Å². The monoisotopic (exact) mass is 353 g/mol. The minimum atomic E-state index is 0.474. The van der Waals surface area contributed by atoms with Gasteiger partial charge in [-0.2, -0.15) is 0 Å². The number of aryl methyl sites for hydroxylation is 3. The Kier molecular flexibility index (Phi) is 4.89. The molecule has 3 heterocycles. The van der Waals surface area contributed by atoms with E-state index in [2.05, 4.69) is 53.1 Å². The molecule has 0 amide bonds. The van der Waals surface area contributed by atoms with Crippen LogP contribution in [-0.4, -0.2) is 41.1 Å². The first-order valence-electron chi connectivity index (χ1n) is 9.95. The highest BCUT2D eigenvalue weighted by atomic mass is 16.5. The third-order valence-electron chi connectivity index (χ3n) is 6.35. The van der Waals surface area contributed by atoms with E-state index in [1.54, 1.807) is 0 Å². The topological polar surface area (TPSA) is 32.5 Å². The predicted octanol–water partition coefficient (Wildman–Crippen LogP) is 4.09. The van der Waals surface area contributed by atoms with E-state index in [1.165, 1.54) is 62.1 Å². The van der Waals surface area contributed by atoms with Gasteiger partial charge in [0.1, 0.15) is 5.76 Å². The van der Waals surface area contributed by atoms with Gasteiger partial charge >= 0.3 is 0 Å². The fourth-order valence-electron chi connectivity index (χ4n) is 4.84. The number of benzene rings is 1. The van der Waals surface area contributed by atoms with Crippen molar-refractivity contribution in [1.82, 2.24) is 15.0 Å². The highest BCUT2D eigenvalue weighted by Crippen LogP contribution is 2.40. The van der Waals surface area contributed by atoms with Crippen molar-refractivity contribution in [3.63, 3.8) is 0 Å². The number of likely N-dealkylation sites (tertiary alicyclic amines) is 2. The number of nitrogens with zero attached hydrogens (tertiary/aromatic N) is 3. The molecule has 4 rings (SSSR count). The van der Waals surface area contributed by atoms with Gasteiger partial charge in [0, 0.05) is 31.7 Å². The lowest BCUT2D eigenvalue weighted by molar-refractivity contribution is 0.0861. The molecule has 0 bridgehead atoms. The van der Waals surface area contributed by atoms with Crippen LogP contribution in [0.4, 0.5) is 0 Å². The summed E-state index contributed by atoms with van der Waals surface area (Å²) in [6, 6.07) is 9.02. The molecule has 140 valence electrons. The van der Waals surface area contributed by atoms with E-state index in [0.717, 1.165) is 24.5 Å². The molecule has 1 atom stereocenters. The lowest BCUT2D eigenvalue weighted by Crippen LogP contribution is -2.44. The molecule has 0 aliphatic carbocycles. The zero-order valence-electron chi connectivity index (χ0n) is 16.4. The lowest BCUT2D eigenvalue weighted by atomic mass is 9.79. The molecule has 4 heteroatoms. The Balaban J connectivity index is 1.38. The average Bonchev–Trinajstić information content (AvgIpc) is 3.15. The van der Waals surface area contributed by atoms with Gasteiger partial charge in [-0.25, -0.2) is 0 Å². The number of rotatable bonds is 4. The average molecular weight is 354 g/mol. The normalized spacial score (nSPS) is 24.6. The van der Waals surface area contributed by atoms with E-state index < -0.39 is 0 Å². The molecule has 1 aromatic carbocycles. The molecular formula is C22H31N3O. The van der Waals surface area contributed by atoms with Crippen LogP contribution in [0.15, 0.2) is 28.8 Å². The van der Waals surface area contributed by atoms with Crippen molar-refractivity contribution in [2.75, 3.05) is 26.2 Å². The molecule has 0 radical (unpaired) electrons. The molecule has 26 heavy (non-hydrogen) atoms. The molecule has 0 saturated carbocycles. The van der Waals surface area contributed by atoms with Crippen LogP contribution in [0.25, 0.3) is 0 Å². The molecule has 1 aromatic heterocycles. The van der Waals surface area contributed by atoms with E-state index >= 15 is 0 Å². The van der Waals surface area contributed by atoms with Crippen LogP contribution in [0.5, 0.6) is 0 Å². The molecule has 2 aliphatic heterocycles. The number of hydrogen-bond donors (Lipinski definition) is 0. The molecule has 2 fully saturated rings. The fraction of sp³-hybridized carbons (Fsp3) is 0.591. The first-order valence-corrected chi connectivity index (χ1v) is 9.95. The van der Waals surface area contributed by atoms with Crippen molar-refractivity contribution in [3.8, 4) is 0 Å². The van der Waals surface area contributed by atoms with E-state index in [0.29, 0.717) is 5.41 Å². The molecule has 4 nitrogen and oxygen atoms in total. The van der Waals surface area contributed by atoms with Crippen molar-refractivity contribution >= 4 is 0 Å². The van der Waals surface area contributed by atoms with Crippen molar-refractivity contribution in [3.05, 3.63) is 52.4 Å². The standard InChI is InChI=1S/C22H31N3O/c1-17-5-7-20(8-6-17)13-25-12-10-22(16-25)9-4-11-24(15-22)14-21-18(2)23-26-19(21)3/h5-8H,4,9-16H2,1-3H3. The summed E-state index contributed by atoms with van der Waals surface area (Å²) in [5.41, 5.74) is 5.60. The first-order chi connectivity index (χ1) is 12.5. The van der Waals surface area contributed by atoms with Crippen LogP contribution >= 0.6 is 0 Å². The second kappa shape index (κ2) is 7.16. The summed E-state index contributed by atoms with van der Waals surface area (Å²) in [6.07, 6.45) is 4.01. The maximum absolute atomic E-state index is 5.36. The molecular weight excluding hydrogens is 322 g/mol. The highest BCUT2D eigenvalue weighted by Gasteiger charge is 2.41. The summed E-state index contributed by atoms with van der Waals surface area (Å²) in [5.74, 6) is 0.981. The van der Waals surface area contributed by atoms with Crippen molar-refractivity contribution in [1.29, 1.82) is 0 Å². The largest absolute Gasteiger partial charge is 0.361 e. The maximum atomic E-state index is 5.36. The van der Waals surface area contributed by atoms with Gasteiger partial charge in [-0.05, 0) is 64.1 Å². The van der Waals surface area contributed by atoms with Gasteiger partial charge in [-0.1, -0.05) is 35.0 Å². The summed E-state index contributed by atoms with van der Waals surface area (Å²) in [4.78, 5) is 5.29. The lowest BCUT2D eigenvalue weighted by Gasteiger charge is -2.40. The Morgan fingerprint density at radius 2 is 1.69 bits per heavy atom. The highest BCUT2D eigenvalue weighted by molar-refractivity contribution is 5.22. The minimum absolute atomic E-state index is 0.474. The zero-order valence-corrected chi connectivity index (χ0v) is 16.4. The predicted molar refractivity (Wildman–Crippen MR) is 104 cm³/mol. The maximum Gasteiger partial charge on any atom is 0.138 e. The van der Waals surface area contributed by atoms with Gasteiger partial charge in [0.15, 0.2) is 0 Å². The number of piperidine rings is 1. The van der Waals surface area contributed by atoms with Crippen LogP contribution < -0.4 is 0 Å². The number of hydrogen-bond acceptors (Lipinski definition) is 4. The van der Waals surface area contributed by atoms with Gasteiger partial charge in [0.25, 0.3) is 0 Å². The Morgan fingerprint density at radius 3 is 2.38 bits per heavy atom. The Morgan fingerprint density at radius 1 is 0.962 bits per heavy atom. The van der Waals surface area contributed by atoms with Gasteiger partial charge < -0.3 is 4.52 Å². The first kappa shape index (κ1) is 17.7. The third-order valence-corrected chi connectivity index (χ3v) is 6.35. The zero-order chi connectivity index (χ0) is 18.1. The summed E-state index contributed by atoms with van der Waals surface area (Å²) in [6.45, 7) is 13.2. The Bertz CT molecular complexity index is 732. The van der Waals surface area contributed by atoms with Gasteiger partial charge in [-0.15, -0.1) is 0 Å². The summed E-state index contributed by atoms with van der Waals surface area (Å²) in [5, 5.41) is 4.13. The molecule has 1 spiro atoms. The third kappa shape index (κ3) is 3.72. The van der Waals surface area contributed by atoms with E-state index in [4.69, 9.17) is 4.52 Å². The molecule has 2 aliphatic rings. The quantitative estimate of drug-likeness (QED) is 0.829. The van der Waals surface area contributed by atoms with Gasteiger partial charge in [0.05, 0.1) is 5.69 Å². The van der Waals surface area contributed by atoms with Gasteiger partial charge in [-0.3, -0.25) is 9.80 Å². The summed E-state index contributed by atoms with van der Waals surface area (Å²) >= 11 is 0. The van der Waals surface area contributed by atoms with E-state index in [-0.39, 0.29) is 0 Å². The Labute approximate surface area is 157 Å². The van der Waals surface area contributed by atoms with Crippen LogP contribution in [0.3, 0.4) is 0 Å². The fourth-order valence-corrected chi connectivity index (χ4v) is 4.84. The van der Waals surface area contributed by atoms with Crippen LogP contribution in [0, 0.1) is 26.2 Å². The molecule has 2 aromatic rings. The smallest absolute Gasteiger partial charge is 0.138 e. The molecule has 2 saturated heterocycles. The van der Waals surface area contributed by atoms with E-state index in [1.807, 2.05) is 6.92 Å². The molecule has 0 N–H and O–H groups in total. The van der Waals surface area contributed by atoms with Crippen molar-refractivity contribution in [2.45, 2.75) is 53.1 Å².